The van der Waals surface area contributed by atoms with Gasteiger partial charge in [0.05, 0.1) is 6.61 Å². The minimum Gasteiger partial charge on any atom is -0.383 e. The van der Waals surface area contributed by atoms with Crippen LogP contribution in [0.15, 0.2) is 0 Å². The van der Waals surface area contributed by atoms with E-state index in [0.29, 0.717) is 18.3 Å². The molecule has 1 saturated heterocycles. The first-order chi connectivity index (χ1) is 9.52. The van der Waals surface area contributed by atoms with Crippen molar-refractivity contribution in [3.05, 3.63) is 5.82 Å². The number of anilines is 1. The third-order valence-electron chi connectivity index (χ3n) is 3.15. The summed E-state index contributed by atoms with van der Waals surface area (Å²) >= 11 is 0.813. The normalized spacial score (nSPS) is 19.8. The lowest BCUT2D eigenvalue weighted by Gasteiger charge is -2.23. The molecule has 1 N–H and O–H groups in total. The Labute approximate surface area is 119 Å². The largest absolute Gasteiger partial charge is 0.452 e. The van der Waals surface area contributed by atoms with Gasteiger partial charge in [-0.05, 0) is 12.8 Å². The molecule has 114 valence electrons. The van der Waals surface area contributed by atoms with E-state index in [1.54, 1.807) is 7.11 Å². The minimum atomic E-state index is -4.47. The number of methoxy groups -OCH3 is 1. The van der Waals surface area contributed by atoms with Gasteiger partial charge in [-0.25, -0.2) is 0 Å². The summed E-state index contributed by atoms with van der Waals surface area (Å²) in [6, 6.07) is 0.167. The van der Waals surface area contributed by atoms with Gasteiger partial charge in [-0.15, -0.1) is 0 Å². The summed E-state index contributed by atoms with van der Waals surface area (Å²) in [5.41, 5.74) is 0. The van der Waals surface area contributed by atoms with E-state index in [2.05, 4.69) is 14.7 Å². The Morgan fingerprint density at radius 3 is 2.95 bits per heavy atom. The van der Waals surface area contributed by atoms with Crippen LogP contribution in [0.3, 0.4) is 0 Å². The number of ether oxygens (including phenoxy) is 1. The molecular formula is C11H17F3N4OS. The number of aromatic nitrogens is 2. The Morgan fingerprint density at radius 2 is 2.30 bits per heavy atom. The van der Waals surface area contributed by atoms with Gasteiger partial charge in [0.15, 0.2) is 0 Å². The first-order valence-electron chi connectivity index (χ1n) is 6.39. The fraction of sp³-hybridized carbons (Fsp3) is 0.818. The van der Waals surface area contributed by atoms with Crippen LogP contribution in [0.25, 0.3) is 0 Å². The summed E-state index contributed by atoms with van der Waals surface area (Å²) in [6.07, 6.45) is -2.57. The molecule has 1 atom stereocenters. The van der Waals surface area contributed by atoms with Crippen LogP contribution in [0.2, 0.25) is 0 Å². The van der Waals surface area contributed by atoms with Gasteiger partial charge in [-0.3, -0.25) is 0 Å². The predicted molar refractivity (Wildman–Crippen MR) is 70.0 cm³/mol. The second-order valence-corrected chi connectivity index (χ2v) is 5.31. The lowest BCUT2D eigenvalue weighted by molar-refractivity contribution is -0.144. The number of alkyl halides is 3. The molecule has 2 heterocycles. The van der Waals surface area contributed by atoms with Crippen molar-refractivity contribution in [2.75, 3.05) is 38.3 Å². The summed E-state index contributed by atoms with van der Waals surface area (Å²) in [7, 11) is 1.63. The van der Waals surface area contributed by atoms with Crippen molar-refractivity contribution in [1.82, 2.24) is 14.7 Å². The molecule has 1 aromatic heterocycles. The van der Waals surface area contributed by atoms with Crippen LogP contribution in [0.4, 0.5) is 18.3 Å². The molecule has 0 spiro atoms. The Balaban J connectivity index is 1.94. The molecule has 1 aromatic rings. The standard InChI is InChI=1S/C11H17F3N4OS/c1-19-6-4-15-7-8-3-2-5-18(8)10-16-9(17-20-10)11(12,13)14/h8,15H,2-7H2,1H3. The molecule has 5 nitrogen and oxygen atoms in total. The molecule has 0 radical (unpaired) electrons. The number of hydrogen-bond donors (Lipinski definition) is 1. The van der Waals surface area contributed by atoms with E-state index in [1.807, 2.05) is 4.90 Å². The number of nitrogens with one attached hydrogen (secondary N) is 1. The maximum atomic E-state index is 12.5. The molecule has 1 aliphatic heterocycles. The Morgan fingerprint density at radius 1 is 1.50 bits per heavy atom. The van der Waals surface area contributed by atoms with E-state index in [9.17, 15) is 13.2 Å². The Hall–Kier alpha value is -0.930. The van der Waals surface area contributed by atoms with Crippen molar-refractivity contribution < 1.29 is 17.9 Å². The molecule has 0 aliphatic carbocycles. The Kier molecular flexibility index (Phi) is 5.17. The number of hydrogen-bond acceptors (Lipinski definition) is 6. The predicted octanol–water partition coefficient (Wildman–Crippen LogP) is 1.76. The van der Waals surface area contributed by atoms with E-state index in [-0.39, 0.29) is 6.04 Å². The molecule has 1 aliphatic rings. The van der Waals surface area contributed by atoms with Crippen LogP contribution < -0.4 is 10.2 Å². The molecule has 0 aromatic carbocycles. The first kappa shape index (κ1) is 15.5. The van der Waals surface area contributed by atoms with E-state index in [4.69, 9.17) is 4.74 Å². The minimum absolute atomic E-state index is 0.167. The smallest absolute Gasteiger partial charge is 0.383 e. The maximum Gasteiger partial charge on any atom is 0.452 e. The molecule has 9 heteroatoms. The van der Waals surface area contributed by atoms with Gasteiger partial charge < -0.3 is 15.0 Å². The van der Waals surface area contributed by atoms with Crippen molar-refractivity contribution in [1.29, 1.82) is 0 Å². The van der Waals surface area contributed by atoms with Gasteiger partial charge >= 0.3 is 6.18 Å². The second-order valence-electron chi connectivity index (χ2n) is 4.58. The van der Waals surface area contributed by atoms with Gasteiger partial charge in [-0.1, -0.05) is 0 Å². The zero-order chi connectivity index (χ0) is 14.6. The molecule has 1 fully saturated rings. The van der Waals surface area contributed by atoms with Gasteiger partial charge in [0.1, 0.15) is 0 Å². The highest BCUT2D eigenvalue weighted by molar-refractivity contribution is 7.09. The van der Waals surface area contributed by atoms with Gasteiger partial charge in [0, 0.05) is 44.3 Å². The van der Waals surface area contributed by atoms with Crippen LogP contribution in [-0.2, 0) is 10.9 Å². The highest BCUT2D eigenvalue weighted by atomic mass is 32.1. The summed E-state index contributed by atoms with van der Waals surface area (Å²) in [5.74, 6) is -1.05. The van der Waals surface area contributed by atoms with Crippen molar-refractivity contribution in [3.63, 3.8) is 0 Å². The molecule has 0 bridgehead atoms. The Bertz CT molecular complexity index is 426. The van der Waals surface area contributed by atoms with Gasteiger partial charge in [-0.2, -0.15) is 22.5 Å². The fourth-order valence-electron chi connectivity index (χ4n) is 2.19. The summed E-state index contributed by atoms with van der Waals surface area (Å²) in [6.45, 7) is 2.78. The lowest BCUT2D eigenvalue weighted by atomic mass is 10.2. The monoisotopic (exact) mass is 310 g/mol. The van der Waals surface area contributed by atoms with E-state index in [0.717, 1.165) is 37.5 Å². The number of halogens is 3. The van der Waals surface area contributed by atoms with Crippen molar-refractivity contribution in [2.24, 2.45) is 0 Å². The van der Waals surface area contributed by atoms with Crippen LogP contribution in [-0.4, -0.2) is 48.8 Å². The summed E-state index contributed by atoms with van der Waals surface area (Å²) < 4.78 is 45.9. The average Bonchev–Trinajstić information content (AvgIpc) is 3.02. The van der Waals surface area contributed by atoms with E-state index in [1.165, 1.54) is 0 Å². The topological polar surface area (TPSA) is 50.3 Å². The zero-order valence-corrected chi connectivity index (χ0v) is 11.9. The van der Waals surface area contributed by atoms with Gasteiger partial charge in [0.25, 0.3) is 0 Å². The second kappa shape index (κ2) is 6.68. The first-order valence-corrected chi connectivity index (χ1v) is 7.17. The van der Waals surface area contributed by atoms with Gasteiger partial charge in [0.2, 0.25) is 11.0 Å². The maximum absolute atomic E-state index is 12.5. The lowest BCUT2D eigenvalue weighted by Crippen LogP contribution is -2.39. The summed E-state index contributed by atoms with van der Waals surface area (Å²) in [5, 5.41) is 3.59. The van der Waals surface area contributed by atoms with E-state index >= 15 is 0 Å². The van der Waals surface area contributed by atoms with Crippen LogP contribution >= 0.6 is 11.5 Å². The highest BCUT2D eigenvalue weighted by Crippen LogP contribution is 2.32. The van der Waals surface area contributed by atoms with Crippen molar-refractivity contribution in [2.45, 2.75) is 25.1 Å². The van der Waals surface area contributed by atoms with Crippen molar-refractivity contribution >= 4 is 16.7 Å². The van der Waals surface area contributed by atoms with Crippen LogP contribution in [0.1, 0.15) is 18.7 Å². The van der Waals surface area contributed by atoms with Crippen molar-refractivity contribution in [3.8, 4) is 0 Å². The highest BCUT2D eigenvalue weighted by Gasteiger charge is 2.37. The zero-order valence-electron chi connectivity index (χ0n) is 11.1. The van der Waals surface area contributed by atoms with Crippen LogP contribution in [0, 0.1) is 0 Å². The third kappa shape index (κ3) is 3.80. The molecule has 20 heavy (non-hydrogen) atoms. The molecule has 0 saturated carbocycles. The molecule has 0 amide bonds. The number of rotatable bonds is 6. The quantitative estimate of drug-likeness (QED) is 0.812. The third-order valence-corrected chi connectivity index (χ3v) is 3.91. The molecule has 2 rings (SSSR count). The molecular weight excluding hydrogens is 293 g/mol. The average molecular weight is 310 g/mol. The fourth-order valence-corrected chi connectivity index (χ4v) is 2.97. The SMILES string of the molecule is COCCNCC1CCCN1c1nc(C(F)(F)F)ns1. The summed E-state index contributed by atoms with van der Waals surface area (Å²) in [4.78, 5) is 5.52. The number of nitrogens with zero attached hydrogens (tertiary/aromatic N) is 3. The van der Waals surface area contributed by atoms with Crippen LogP contribution in [0.5, 0.6) is 0 Å². The molecule has 1 unspecified atom stereocenters. The van der Waals surface area contributed by atoms with E-state index < -0.39 is 12.0 Å².